The number of aromatic nitrogens is 3. The Kier molecular flexibility index (Phi) is 9.82. The van der Waals surface area contributed by atoms with E-state index in [1.807, 2.05) is 27.7 Å². The number of carbonyl (C=O) groups excluding carboxylic acids is 1. The summed E-state index contributed by atoms with van der Waals surface area (Å²) in [6.07, 6.45) is 11.6. The number of hydrogen-bond acceptors (Lipinski definition) is 5. The van der Waals surface area contributed by atoms with Crippen LogP contribution in [-0.4, -0.2) is 25.3 Å². The van der Waals surface area contributed by atoms with Gasteiger partial charge in [0.1, 0.15) is 11.9 Å². The molecule has 0 bridgehead atoms. The molecule has 1 fully saturated rings. The van der Waals surface area contributed by atoms with Crippen molar-refractivity contribution in [3.05, 3.63) is 78.3 Å². The Hall–Kier alpha value is -4.06. The summed E-state index contributed by atoms with van der Waals surface area (Å²) in [5, 5.41) is 16.7. The van der Waals surface area contributed by atoms with Crippen molar-refractivity contribution in [2.75, 3.05) is 0 Å². The molecule has 0 spiro atoms. The first kappa shape index (κ1) is 36.3. The predicted octanol–water partition coefficient (Wildman–Crippen LogP) is 12.5. The van der Waals surface area contributed by atoms with Gasteiger partial charge in [0.05, 0.1) is 27.9 Å². The van der Waals surface area contributed by atoms with E-state index in [2.05, 4.69) is 72.8 Å². The Morgan fingerprint density at radius 1 is 0.923 bits per heavy atom. The van der Waals surface area contributed by atoms with Crippen LogP contribution >= 0.6 is 0 Å². The van der Waals surface area contributed by atoms with Crippen LogP contribution in [0.2, 0.25) is 0 Å². The summed E-state index contributed by atoms with van der Waals surface area (Å²) in [6, 6.07) is 21.0. The third-order valence-electron chi connectivity index (χ3n) is 12.1. The number of hydrogen-bond donors (Lipinski definition) is 1. The molecule has 271 valence electrons. The maximum absolute atomic E-state index is 11.7. The van der Waals surface area contributed by atoms with Gasteiger partial charge < -0.3 is 13.9 Å². The van der Waals surface area contributed by atoms with E-state index in [4.69, 9.17) is 14.4 Å². The van der Waals surface area contributed by atoms with Crippen molar-refractivity contribution in [2.24, 2.45) is 17.3 Å². The van der Waals surface area contributed by atoms with Gasteiger partial charge in [0.2, 0.25) is 0 Å². The number of pyridine rings is 1. The first-order valence-electron chi connectivity index (χ1n) is 19.0. The molecule has 0 saturated heterocycles. The second-order valence-electron chi connectivity index (χ2n) is 15.6. The monoisotopic (exact) mass is 871 g/mol. The van der Waals surface area contributed by atoms with Crippen molar-refractivity contribution >= 4 is 76.9 Å². The molecule has 1 saturated carbocycles. The Labute approximate surface area is 318 Å². The minimum Gasteiger partial charge on any atom is -0.512 e. The second-order valence-corrected chi connectivity index (χ2v) is 15.6. The van der Waals surface area contributed by atoms with Gasteiger partial charge in [-0.15, -0.1) is 17.5 Å². The van der Waals surface area contributed by atoms with E-state index in [1.54, 1.807) is 6.33 Å². The van der Waals surface area contributed by atoms with E-state index in [0.717, 1.165) is 80.5 Å². The standard InChI is InChI=1S/C32H24N3O.C13H24O2.Ir/c1-32(2)12-10-17(11-13-32)21-15-23-26-27(34-16-33-23)22-14-18-6-3-4-7-19(18)31-29(22)35-28-20(25(21)30(26)35)8-5-9-24(28)36-31;1-5-10(6-2)12(14)9-13(15)11(7-3)8-4;/h3-9,15-17H,10-13H2,1-2H3;9-11,14H,5-8H2,1-4H3;/q-1;;/b;12-9-;. The van der Waals surface area contributed by atoms with Gasteiger partial charge in [-0.2, -0.15) is 0 Å². The molecule has 0 amide bonds. The molecule has 0 unspecified atom stereocenters. The molecule has 1 N–H and O–H groups in total. The molecule has 8 aromatic rings. The van der Waals surface area contributed by atoms with Gasteiger partial charge in [0.15, 0.2) is 5.78 Å². The summed E-state index contributed by atoms with van der Waals surface area (Å²) in [7, 11) is 0. The van der Waals surface area contributed by atoms with Crippen LogP contribution in [0.4, 0.5) is 0 Å². The van der Waals surface area contributed by atoms with Crippen molar-refractivity contribution in [3.63, 3.8) is 0 Å². The fraction of sp³-hybridized carbons (Fsp3) is 0.400. The zero-order chi connectivity index (χ0) is 35.6. The molecular formula is C45H48IrN3O3-. The topological polar surface area (TPSA) is 80.6 Å². The van der Waals surface area contributed by atoms with Crippen LogP contribution < -0.4 is 0 Å². The molecule has 6 nitrogen and oxygen atoms in total. The molecule has 1 radical (unpaired) electrons. The molecule has 0 aliphatic heterocycles. The average molecular weight is 871 g/mol. The van der Waals surface area contributed by atoms with Crippen LogP contribution in [-0.2, 0) is 24.9 Å². The number of ketones is 1. The summed E-state index contributed by atoms with van der Waals surface area (Å²) in [6.45, 7) is 12.9. The third kappa shape index (κ3) is 5.76. The maximum atomic E-state index is 11.7. The molecule has 1 aliphatic carbocycles. The molecule has 4 heterocycles. The Balaban J connectivity index is 0.000000227. The second kappa shape index (κ2) is 14.1. The van der Waals surface area contributed by atoms with Gasteiger partial charge in [-0.1, -0.05) is 77.3 Å². The smallest absolute Gasteiger partial charge is 0.162 e. The zero-order valence-corrected chi connectivity index (χ0v) is 33.5. The van der Waals surface area contributed by atoms with Crippen molar-refractivity contribution in [3.8, 4) is 0 Å². The van der Waals surface area contributed by atoms with Crippen LogP contribution in [0.1, 0.15) is 104 Å². The fourth-order valence-electron chi connectivity index (χ4n) is 8.93. The zero-order valence-electron chi connectivity index (χ0n) is 31.1. The normalized spacial score (nSPS) is 15.7. The van der Waals surface area contributed by atoms with Crippen LogP contribution in [0, 0.1) is 23.3 Å². The van der Waals surface area contributed by atoms with Crippen LogP contribution in [0.3, 0.4) is 0 Å². The van der Waals surface area contributed by atoms with E-state index in [0.29, 0.717) is 11.3 Å². The van der Waals surface area contributed by atoms with Crippen LogP contribution in [0.25, 0.3) is 71.1 Å². The number of aliphatic hydroxyl groups is 1. The van der Waals surface area contributed by atoms with Crippen molar-refractivity contribution in [2.45, 2.75) is 98.8 Å². The summed E-state index contributed by atoms with van der Waals surface area (Å²) < 4.78 is 9.18. The van der Waals surface area contributed by atoms with Gasteiger partial charge in [-0.3, -0.25) is 9.78 Å². The van der Waals surface area contributed by atoms with Gasteiger partial charge in [0, 0.05) is 65.2 Å². The molecule has 52 heavy (non-hydrogen) atoms. The molecule has 0 atom stereocenters. The Morgan fingerprint density at radius 2 is 1.62 bits per heavy atom. The molecule has 4 aromatic carbocycles. The molecular weight excluding hydrogens is 823 g/mol. The third-order valence-corrected chi connectivity index (χ3v) is 12.1. The molecule has 9 rings (SSSR count). The van der Waals surface area contributed by atoms with Crippen LogP contribution in [0.5, 0.6) is 0 Å². The minimum atomic E-state index is 0. The van der Waals surface area contributed by atoms with E-state index < -0.39 is 0 Å². The summed E-state index contributed by atoms with van der Waals surface area (Å²) in [5.74, 6) is 1.08. The first-order valence-corrected chi connectivity index (χ1v) is 19.0. The number of rotatable bonds is 8. The number of para-hydroxylation sites is 1. The van der Waals surface area contributed by atoms with Crippen molar-refractivity contribution < 1.29 is 34.4 Å². The van der Waals surface area contributed by atoms with Crippen LogP contribution in [0.15, 0.2) is 71.1 Å². The van der Waals surface area contributed by atoms with E-state index in [-0.39, 0.29) is 43.5 Å². The van der Waals surface area contributed by atoms with E-state index in [1.165, 1.54) is 53.6 Å². The maximum Gasteiger partial charge on any atom is 0.162 e. The number of nitrogens with zero attached hydrogens (tertiary/aromatic N) is 3. The minimum absolute atomic E-state index is 0. The van der Waals surface area contributed by atoms with Gasteiger partial charge in [-0.25, -0.2) is 4.98 Å². The molecule has 4 aromatic heterocycles. The Morgan fingerprint density at radius 3 is 2.33 bits per heavy atom. The quantitative estimate of drug-likeness (QED) is 0.0541. The summed E-state index contributed by atoms with van der Waals surface area (Å²) >= 11 is 0. The number of aliphatic hydroxyl groups excluding tert-OH is 1. The van der Waals surface area contributed by atoms with E-state index in [9.17, 15) is 9.90 Å². The average Bonchev–Trinajstić information content (AvgIpc) is 3.49. The number of allylic oxidation sites excluding steroid dienone is 2. The van der Waals surface area contributed by atoms with Gasteiger partial charge in [0.25, 0.3) is 0 Å². The first-order chi connectivity index (χ1) is 24.7. The summed E-state index contributed by atoms with van der Waals surface area (Å²) in [5.41, 5.74) is 9.16. The molecule has 7 heteroatoms. The van der Waals surface area contributed by atoms with Gasteiger partial charge >= 0.3 is 0 Å². The summed E-state index contributed by atoms with van der Waals surface area (Å²) in [4.78, 5) is 21.4. The number of fused-ring (bicyclic) bond motifs is 4. The van der Waals surface area contributed by atoms with E-state index >= 15 is 0 Å². The molecule has 1 aliphatic rings. The van der Waals surface area contributed by atoms with Gasteiger partial charge in [-0.05, 0) is 85.8 Å². The number of benzene rings is 4. The van der Waals surface area contributed by atoms with Crippen molar-refractivity contribution in [1.82, 2.24) is 14.4 Å². The van der Waals surface area contributed by atoms with Crippen molar-refractivity contribution in [1.29, 1.82) is 0 Å². The predicted molar refractivity (Wildman–Crippen MR) is 210 cm³/mol. The number of carbonyl (C=O) groups is 1. The Bertz CT molecular complexity index is 2560. The fourth-order valence-corrected chi connectivity index (χ4v) is 8.93. The largest absolute Gasteiger partial charge is 0.512 e. The SMILES string of the molecule is CC1(C)CCC(c2cc3ncnc4c5[c-]c6ccccc6c6oc7cccc8c2c(c34)n(c78)c56)CC1.CCC(CC)C(=O)/C=C(\O)C(CC)CC.[Ir].